The molecule has 166 valence electrons. The number of rotatable bonds is 5. The van der Waals surface area contributed by atoms with Gasteiger partial charge < -0.3 is 14.3 Å². The van der Waals surface area contributed by atoms with E-state index < -0.39 is 0 Å². The first-order valence-corrected chi connectivity index (χ1v) is 11.9. The summed E-state index contributed by atoms with van der Waals surface area (Å²) in [5.41, 5.74) is 1.05. The summed E-state index contributed by atoms with van der Waals surface area (Å²) in [6, 6.07) is 11.5. The summed E-state index contributed by atoms with van der Waals surface area (Å²) < 4.78 is 12.8. The number of piperidine rings is 1. The molecule has 0 amide bonds. The van der Waals surface area contributed by atoms with Crippen LogP contribution in [-0.2, 0) is 9.53 Å². The van der Waals surface area contributed by atoms with E-state index in [9.17, 15) is 9.90 Å². The molecule has 1 aliphatic rings. The maximum atomic E-state index is 12.0. The second-order valence-corrected chi connectivity index (χ2v) is 9.61. The first-order valence-electron chi connectivity index (χ1n) is 10.2. The lowest BCUT2D eigenvalue weighted by Crippen LogP contribution is -2.39. The van der Waals surface area contributed by atoms with Gasteiger partial charge in [0.1, 0.15) is 0 Å². The van der Waals surface area contributed by atoms with Crippen LogP contribution in [0.1, 0.15) is 29.3 Å². The predicted molar refractivity (Wildman–Crippen MR) is 123 cm³/mol. The third-order valence-corrected chi connectivity index (χ3v) is 7.41. The van der Waals surface area contributed by atoms with Gasteiger partial charge in [-0.2, -0.15) is 9.50 Å². The van der Waals surface area contributed by atoms with Crippen LogP contribution >= 0.6 is 27.3 Å². The van der Waals surface area contributed by atoms with Crippen molar-refractivity contribution in [3.63, 3.8) is 0 Å². The molecule has 0 aliphatic carbocycles. The third kappa shape index (κ3) is 3.82. The Morgan fingerprint density at radius 3 is 2.66 bits per heavy atom. The molecular formula is C22H21BrN4O4S. The van der Waals surface area contributed by atoms with Crippen LogP contribution in [0.2, 0.25) is 0 Å². The lowest BCUT2D eigenvalue weighted by atomic mass is 9.94. The molecule has 10 heteroatoms. The average molecular weight is 517 g/mol. The molecular weight excluding hydrogens is 496 g/mol. The van der Waals surface area contributed by atoms with E-state index in [0.717, 1.165) is 14.9 Å². The Kier molecular flexibility index (Phi) is 5.75. The van der Waals surface area contributed by atoms with Crippen molar-refractivity contribution in [2.24, 2.45) is 5.92 Å². The van der Waals surface area contributed by atoms with E-state index in [1.165, 1.54) is 23.0 Å². The number of methoxy groups -OCH3 is 1. The highest BCUT2D eigenvalue weighted by molar-refractivity contribution is 9.10. The van der Waals surface area contributed by atoms with Gasteiger partial charge in [0.15, 0.2) is 5.76 Å². The molecule has 0 spiro atoms. The van der Waals surface area contributed by atoms with Gasteiger partial charge in [0, 0.05) is 4.47 Å². The van der Waals surface area contributed by atoms with E-state index in [1.54, 1.807) is 18.4 Å². The molecule has 0 bridgehead atoms. The second kappa shape index (κ2) is 8.68. The lowest BCUT2D eigenvalue weighted by Gasteiger charge is -2.36. The van der Waals surface area contributed by atoms with Crippen molar-refractivity contribution in [1.29, 1.82) is 0 Å². The Hall–Kier alpha value is -2.69. The van der Waals surface area contributed by atoms with Crippen LogP contribution in [0.25, 0.3) is 16.5 Å². The van der Waals surface area contributed by atoms with Crippen LogP contribution in [0.5, 0.6) is 5.88 Å². The van der Waals surface area contributed by atoms with Crippen molar-refractivity contribution < 1.29 is 19.1 Å². The number of nitrogens with zero attached hydrogens (tertiary/aromatic N) is 4. The highest BCUT2D eigenvalue weighted by Gasteiger charge is 2.34. The topological polar surface area (TPSA) is 93.1 Å². The Morgan fingerprint density at radius 2 is 2.03 bits per heavy atom. The fraction of sp³-hybridized carbons (Fsp3) is 0.318. The monoisotopic (exact) mass is 516 g/mol. The first kappa shape index (κ1) is 21.2. The van der Waals surface area contributed by atoms with Gasteiger partial charge in [0.05, 0.1) is 30.2 Å². The molecule has 1 saturated heterocycles. The number of fused-ring (bicyclic) bond motifs is 1. The van der Waals surface area contributed by atoms with Gasteiger partial charge in [-0.1, -0.05) is 39.4 Å². The van der Waals surface area contributed by atoms with E-state index in [-0.39, 0.29) is 23.8 Å². The minimum Gasteiger partial charge on any atom is -0.492 e. The number of aromatic nitrogens is 3. The molecule has 4 heterocycles. The SMILES string of the molecule is COC(=O)C1CCN(C(c2ccc(Br)cc2)c2sc3nc(-c4ccco4)nn3c2O)CC1. The molecule has 8 nitrogen and oxygen atoms in total. The molecule has 32 heavy (non-hydrogen) atoms. The smallest absolute Gasteiger partial charge is 0.308 e. The standard InChI is InChI=1S/C22H21BrN4O4S/c1-30-21(29)14-8-10-26(11-9-14)17(13-4-6-15(23)7-5-13)18-20(28)27-22(32-18)24-19(25-27)16-3-2-12-31-16/h2-7,12,14,17,28H,8-11H2,1H3. The average Bonchev–Trinajstić information content (AvgIpc) is 3.54. The summed E-state index contributed by atoms with van der Waals surface area (Å²) in [6.07, 6.45) is 2.99. The number of carbonyl (C=O) groups excluding carboxylic acids is 1. The van der Waals surface area contributed by atoms with Crippen LogP contribution in [-0.4, -0.2) is 50.8 Å². The molecule has 1 aromatic carbocycles. The quantitative estimate of drug-likeness (QED) is 0.390. The number of esters is 1. The second-order valence-electron chi connectivity index (χ2n) is 7.68. The molecule has 1 N–H and O–H groups in total. The number of carbonyl (C=O) groups is 1. The molecule has 1 aliphatic heterocycles. The van der Waals surface area contributed by atoms with Crippen LogP contribution in [0.15, 0.2) is 51.6 Å². The van der Waals surface area contributed by atoms with Gasteiger partial charge in [0.2, 0.25) is 16.7 Å². The summed E-state index contributed by atoms with van der Waals surface area (Å²) in [4.78, 5) is 20.2. The van der Waals surface area contributed by atoms with Gasteiger partial charge in [-0.05, 0) is 55.8 Å². The van der Waals surface area contributed by atoms with E-state index in [1.807, 2.05) is 24.3 Å². The molecule has 5 rings (SSSR count). The fourth-order valence-electron chi connectivity index (χ4n) is 4.17. The van der Waals surface area contributed by atoms with Crippen molar-refractivity contribution in [2.45, 2.75) is 18.9 Å². The van der Waals surface area contributed by atoms with Crippen LogP contribution in [0.4, 0.5) is 0 Å². The summed E-state index contributed by atoms with van der Waals surface area (Å²) in [7, 11) is 1.43. The van der Waals surface area contributed by atoms with Crippen LogP contribution in [0.3, 0.4) is 0 Å². The van der Waals surface area contributed by atoms with E-state index in [2.05, 4.69) is 30.9 Å². The Labute approximate surface area is 196 Å². The van der Waals surface area contributed by atoms with Crippen molar-refractivity contribution in [1.82, 2.24) is 19.5 Å². The minimum atomic E-state index is -0.178. The van der Waals surface area contributed by atoms with Gasteiger partial charge >= 0.3 is 5.97 Å². The molecule has 1 unspecified atom stereocenters. The summed E-state index contributed by atoms with van der Waals surface area (Å²) in [5.74, 6) is 0.808. The zero-order chi connectivity index (χ0) is 22.2. The number of benzene rings is 1. The van der Waals surface area contributed by atoms with E-state index in [4.69, 9.17) is 9.15 Å². The zero-order valence-corrected chi connectivity index (χ0v) is 19.7. The van der Waals surface area contributed by atoms with Gasteiger partial charge in [-0.15, -0.1) is 5.10 Å². The highest BCUT2D eigenvalue weighted by Crippen LogP contribution is 2.42. The summed E-state index contributed by atoms with van der Waals surface area (Å²) in [6.45, 7) is 1.43. The van der Waals surface area contributed by atoms with Crippen molar-refractivity contribution in [3.05, 3.63) is 57.6 Å². The van der Waals surface area contributed by atoms with Gasteiger partial charge in [-0.3, -0.25) is 9.69 Å². The molecule has 4 aromatic rings. The van der Waals surface area contributed by atoms with Gasteiger partial charge in [0.25, 0.3) is 0 Å². The third-order valence-electron chi connectivity index (χ3n) is 5.80. The lowest BCUT2D eigenvalue weighted by molar-refractivity contribution is -0.147. The highest BCUT2D eigenvalue weighted by atomic mass is 79.9. The van der Waals surface area contributed by atoms with Crippen LogP contribution < -0.4 is 0 Å². The minimum absolute atomic E-state index is 0.0679. The van der Waals surface area contributed by atoms with E-state index >= 15 is 0 Å². The number of furan rings is 1. The fourth-order valence-corrected chi connectivity index (χ4v) is 5.55. The van der Waals surface area contributed by atoms with Crippen LogP contribution in [0, 0.1) is 5.92 Å². The number of ether oxygens (including phenoxy) is 1. The zero-order valence-electron chi connectivity index (χ0n) is 17.3. The van der Waals surface area contributed by atoms with E-state index in [0.29, 0.717) is 42.5 Å². The Balaban J connectivity index is 1.51. The number of thiazole rings is 1. The summed E-state index contributed by atoms with van der Waals surface area (Å²) in [5, 5.41) is 15.6. The first-order chi connectivity index (χ1) is 15.5. The number of halogens is 1. The largest absolute Gasteiger partial charge is 0.492 e. The van der Waals surface area contributed by atoms with Gasteiger partial charge in [-0.25, -0.2) is 0 Å². The number of likely N-dealkylation sites (tertiary alicyclic amines) is 1. The van der Waals surface area contributed by atoms with Crippen molar-refractivity contribution >= 4 is 38.2 Å². The molecule has 0 saturated carbocycles. The number of aromatic hydroxyl groups is 1. The Morgan fingerprint density at radius 1 is 1.28 bits per heavy atom. The number of hydrogen-bond donors (Lipinski definition) is 1. The molecule has 1 fully saturated rings. The summed E-state index contributed by atoms with van der Waals surface area (Å²) >= 11 is 4.90. The normalized spacial score (nSPS) is 16.4. The van der Waals surface area contributed by atoms with Crippen molar-refractivity contribution in [3.8, 4) is 17.5 Å². The molecule has 1 atom stereocenters. The maximum absolute atomic E-state index is 12.0. The molecule has 0 radical (unpaired) electrons. The number of hydrogen-bond acceptors (Lipinski definition) is 8. The van der Waals surface area contributed by atoms with Crippen molar-refractivity contribution in [2.75, 3.05) is 20.2 Å². The Bertz CT molecular complexity index is 1230. The maximum Gasteiger partial charge on any atom is 0.308 e. The molecule has 3 aromatic heterocycles. The predicted octanol–water partition coefficient (Wildman–Crippen LogP) is 4.49.